The molecular formula is C29H27N3O2. The highest BCUT2D eigenvalue weighted by atomic mass is 16.5. The molecule has 0 radical (unpaired) electrons. The van der Waals surface area contributed by atoms with E-state index in [1.54, 1.807) is 19.2 Å². The minimum absolute atomic E-state index is 0.123. The van der Waals surface area contributed by atoms with E-state index in [2.05, 4.69) is 70.5 Å². The molecule has 5 heteroatoms. The Hall–Kier alpha value is -4.12. The number of carbonyl (C=O) groups is 1. The van der Waals surface area contributed by atoms with Gasteiger partial charge in [-0.2, -0.15) is 0 Å². The van der Waals surface area contributed by atoms with Crippen molar-refractivity contribution in [3.63, 3.8) is 0 Å². The van der Waals surface area contributed by atoms with Gasteiger partial charge < -0.3 is 14.6 Å². The van der Waals surface area contributed by atoms with E-state index in [0.717, 1.165) is 36.2 Å². The summed E-state index contributed by atoms with van der Waals surface area (Å²) in [5.74, 6) is 1.49. The van der Waals surface area contributed by atoms with E-state index in [1.807, 2.05) is 18.2 Å². The van der Waals surface area contributed by atoms with Gasteiger partial charge in [0.25, 0.3) is 5.91 Å². The summed E-state index contributed by atoms with van der Waals surface area (Å²) in [5.41, 5.74) is 3.94. The molecule has 0 aliphatic heterocycles. The topological polar surface area (TPSA) is 56.1 Å². The molecule has 0 aliphatic carbocycles. The first kappa shape index (κ1) is 21.7. The van der Waals surface area contributed by atoms with Crippen molar-refractivity contribution < 1.29 is 9.53 Å². The summed E-state index contributed by atoms with van der Waals surface area (Å²) < 4.78 is 7.61. The Morgan fingerprint density at radius 1 is 0.912 bits per heavy atom. The lowest BCUT2D eigenvalue weighted by molar-refractivity contribution is 0.0950. The number of nitrogens with one attached hydrogen (secondary N) is 1. The zero-order chi connectivity index (χ0) is 23.3. The summed E-state index contributed by atoms with van der Waals surface area (Å²) in [4.78, 5) is 17.5. The summed E-state index contributed by atoms with van der Waals surface area (Å²) in [6.07, 6.45) is 1.56. The maximum atomic E-state index is 12.6. The molecule has 5 aromatic rings. The predicted molar refractivity (Wildman–Crippen MR) is 136 cm³/mol. The fourth-order valence-electron chi connectivity index (χ4n) is 4.47. The average Bonchev–Trinajstić information content (AvgIpc) is 3.23. The zero-order valence-electron chi connectivity index (χ0n) is 19.2. The number of benzene rings is 4. The molecule has 34 heavy (non-hydrogen) atoms. The van der Waals surface area contributed by atoms with Gasteiger partial charge in [-0.25, -0.2) is 4.98 Å². The molecular weight excluding hydrogens is 422 g/mol. The smallest absolute Gasteiger partial charge is 0.255 e. The van der Waals surface area contributed by atoms with Gasteiger partial charge >= 0.3 is 0 Å². The molecule has 0 bridgehead atoms. The summed E-state index contributed by atoms with van der Waals surface area (Å²) in [7, 11) is 1.58. The maximum absolute atomic E-state index is 12.6. The largest absolute Gasteiger partial charge is 0.496 e. The van der Waals surface area contributed by atoms with Gasteiger partial charge in [0.1, 0.15) is 11.6 Å². The lowest BCUT2D eigenvalue weighted by atomic mass is 10.0. The van der Waals surface area contributed by atoms with Crippen LogP contribution in [-0.4, -0.2) is 29.1 Å². The van der Waals surface area contributed by atoms with Crippen molar-refractivity contribution in [3.05, 3.63) is 108 Å². The second kappa shape index (κ2) is 9.79. The van der Waals surface area contributed by atoms with Crippen LogP contribution in [0.15, 0.2) is 91.0 Å². The molecule has 1 heterocycles. The van der Waals surface area contributed by atoms with Gasteiger partial charge in [-0.3, -0.25) is 4.79 Å². The fourth-order valence-corrected chi connectivity index (χ4v) is 4.47. The van der Waals surface area contributed by atoms with Crippen molar-refractivity contribution in [2.45, 2.75) is 19.4 Å². The molecule has 1 amide bonds. The highest BCUT2D eigenvalue weighted by Gasteiger charge is 2.14. The number of amides is 1. The number of ether oxygens (including phenoxy) is 1. The summed E-state index contributed by atoms with van der Waals surface area (Å²) >= 11 is 0. The molecule has 0 aliphatic rings. The van der Waals surface area contributed by atoms with E-state index in [0.29, 0.717) is 17.9 Å². The third-order valence-corrected chi connectivity index (χ3v) is 6.16. The van der Waals surface area contributed by atoms with Gasteiger partial charge in [0.05, 0.1) is 23.7 Å². The molecule has 1 N–H and O–H groups in total. The van der Waals surface area contributed by atoms with Crippen LogP contribution in [0.3, 0.4) is 0 Å². The number of aryl methyl sites for hydroxylation is 1. The molecule has 5 nitrogen and oxygen atoms in total. The molecule has 170 valence electrons. The third-order valence-electron chi connectivity index (χ3n) is 6.16. The van der Waals surface area contributed by atoms with Gasteiger partial charge in [0.15, 0.2) is 0 Å². The van der Waals surface area contributed by atoms with Crippen LogP contribution in [0.5, 0.6) is 5.75 Å². The number of carbonyl (C=O) groups excluding carboxylic acids is 1. The first-order valence-corrected chi connectivity index (χ1v) is 11.6. The number of aromatic nitrogens is 2. The normalized spacial score (nSPS) is 11.1. The Morgan fingerprint density at radius 3 is 2.59 bits per heavy atom. The lowest BCUT2D eigenvalue weighted by Gasteiger charge is -2.12. The second-order valence-corrected chi connectivity index (χ2v) is 8.30. The van der Waals surface area contributed by atoms with Crippen molar-refractivity contribution >= 4 is 27.7 Å². The van der Waals surface area contributed by atoms with E-state index >= 15 is 0 Å². The van der Waals surface area contributed by atoms with Gasteiger partial charge in [-0.05, 0) is 47.0 Å². The molecule has 0 atom stereocenters. The lowest BCUT2D eigenvalue weighted by Crippen LogP contribution is -2.25. The number of para-hydroxylation sites is 3. The Labute approximate surface area is 199 Å². The number of nitrogens with zero attached hydrogens (tertiary/aromatic N) is 2. The minimum atomic E-state index is -0.123. The predicted octanol–water partition coefficient (Wildman–Crippen LogP) is 5.61. The van der Waals surface area contributed by atoms with Gasteiger partial charge in [-0.15, -0.1) is 0 Å². The number of fused-ring (bicyclic) bond motifs is 2. The highest BCUT2D eigenvalue weighted by molar-refractivity contribution is 5.96. The SMILES string of the molecule is COc1ccccc1C(=O)NCCCc1nc2ccccc2n1Cc1cccc2ccccc12. The van der Waals surface area contributed by atoms with Crippen molar-refractivity contribution in [2.24, 2.45) is 0 Å². The van der Waals surface area contributed by atoms with Crippen LogP contribution in [0.4, 0.5) is 0 Å². The van der Waals surface area contributed by atoms with Crippen molar-refractivity contribution in [1.82, 2.24) is 14.9 Å². The van der Waals surface area contributed by atoms with Crippen LogP contribution >= 0.6 is 0 Å². The quantitative estimate of drug-likeness (QED) is 0.313. The summed E-state index contributed by atoms with van der Waals surface area (Å²) in [6.45, 7) is 1.32. The number of methoxy groups -OCH3 is 1. The first-order valence-electron chi connectivity index (χ1n) is 11.6. The number of hydrogen-bond acceptors (Lipinski definition) is 3. The van der Waals surface area contributed by atoms with Crippen LogP contribution in [0, 0.1) is 0 Å². The summed E-state index contributed by atoms with van der Waals surface area (Å²) in [6, 6.07) is 30.5. The standard InChI is InChI=1S/C29H27N3O2/c1-34-27-17-7-4-14-24(27)29(33)30-19-9-18-28-31-25-15-5-6-16-26(25)32(28)20-22-12-8-11-21-10-2-3-13-23(21)22/h2-8,10-17H,9,18-20H2,1H3,(H,30,33). The van der Waals surface area contributed by atoms with Crippen LogP contribution < -0.4 is 10.1 Å². The number of imidazole rings is 1. The van der Waals surface area contributed by atoms with Crippen molar-refractivity contribution in [2.75, 3.05) is 13.7 Å². The Balaban J connectivity index is 1.34. The molecule has 4 aromatic carbocycles. The van der Waals surface area contributed by atoms with Gasteiger partial charge in [0.2, 0.25) is 0 Å². The first-order chi connectivity index (χ1) is 16.7. The Morgan fingerprint density at radius 2 is 1.68 bits per heavy atom. The molecule has 1 aromatic heterocycles. The van der Waals surface area contributed by atoms with E-state index in [1.165, 1.54) is 16.3 Å². The third kappa shape index (κ3) is 4.37. The van der Waals surface area contributed by atoms with E-state index in [4.69, 9.17) is 9.72 Å². The number of hydrogen-bond donors (Lipinski definition) is 1. The molecule has 0 spiro atoms. The second-order valence-electron chi connectivity index (χ2n) is 8.30. The molecule has 0 fully saturated rings. The average molecular weight is 450 g/mol. The fraction of sp³-hybridized carbons (Fsp3) is 0.172. The highest BCUT2D eigenvalue weighted by Crippen LogP contribution is 2.24. The zero-order valence-corrected chi connectivity index (χ0v) is 19.2. The molecule has 0 unspecified atom stereocenters. The number of rotatable bonds is 8. The summed E-state index contributed by atoms with van der Waals surface area (Å²) in [5, 5.41) is 5.52. The monoisotopic (exact) mass is 449 g/mol. The van der Waals surface area contributed by atoms with Gasteiger partial charge in [0, 0.05) is 19.5 Å². The van der Waals surface area contributed by atoms with Crippen LogP contribution in [0.2, 0.25) is 0 Å². The molecule has 0 saturated carbocycles. The van der Waals surface area contributed by atoms with Crippen LogP contribution in [-0.2, 0) is 13.0 Å². The van der Waals surface area contributed by atoms with Gasteiger partial charge in [-0.1, -0.05) is 66.7 Å². The van der Waals surface area contributed by atoms with E-state index in [-0.39, 0.29) is 5.91 Å². The maximum Gasteiger partial charge on any atom is 0.255 e. The van der Waals surface area contributed by atoms with E-state index < -0.39 is 0 Å². The minimum Gasteiger partial charge on any atom is -0.496 e. The van der Waals surface area contributed by atoms with Crippen molar-refractivity contribution in [1.29, 1.82) is 0 Å². The Kier molecular flexibility index (Phi) is 6.25. The van der Waals surface area contributed by atoms with Crippen LogP contribution in [0.1, 0.15) is 28.2 Å². The Bertz CT molecular complexity index is 1450. The molecule has 0 saturated heterocycles. The van der Waals surface area contributed by atoms with E-state index in [9.17, 15) is 4.79 Å². The molecule has 5 rings (SSSR count). The van der Waals surface area contributed by atoms with Crippen LogP contribution in [0.25, 0.3) is 21.8 Å². The van der Waals surface area contributed by atoms with Crippen molar-refractivity contribution in [3.8, 4) is 5.75 Å².